The van der Waals surface area contributed by atoms with Crippen molar-refractivity contribution in [2.75, 3.05) is 0 Å². The lowest BCUT2D eigenvalue weighted by atomic mass is 9.86. The Hall–Kier alpha value is -2.74. The first-order valence-corrected chi connectivity index (χ1v) is 13.1. The monoisotopic (exact) mass is 480 g/mol. The average Bonchev–Trinajstić information content (AvgIpc) is 3.08. The van der Waals surface area contributed by atoms with Gasteiger partial charge in [-0.15, -0.1) is 0 Å². The molecule has 0 fully saturated rings. The molecule has 0 bridgehead atoms. The molecule has 1 heterocycles. The van der Waals surface area contributed by atoms with Crippen molar-refractivity contribution in [3.05, 3.63) is 99.2 Å². The molecule has 1 atom stereocenters. The Labute approximate surface area is 198 Å². The third-order valence-electron chi connectivity index (χ3n) is 5.74. The van der Waals surface area contributed by atoms with Gasteiger partial charge in [0.15, 0.2) is 0 Å². The Morgan fingerprint density at radius 2 is 1.64 bits per heavy atom. The summed E-state index contributed by atoms with van der Waals surface area (Å²) >= 11 is 1.06. The van der Waals surface area contributed by atoms with Gasteiger partial charge in [0.25, 0.3) is 0 Å². The fourth-order valence-corrected chi connectivity index (χ4v) is 6.03. The second kappa shape index (κ2) is 8.89. The summed E-state index contributed by atoms with van der Waals surface area (Å²) in [6.45, 7) is 8.71. The number of hydrogen-bond donors (Lipinski definition) is 1. The van der Waals surface area contributed by atoms with Gasteiger partial charge in [-0.1, -0.05) is 86.7 Å². The molecule has 0 amide bonds. The molecule has 0 spiro atoms. The fourth-order valence-electron chi connectivity index (χ4n) is 3.77. The molecule has 5 nitrogen and oxygen atoms in total. The molecule has 3 aromatic carbocycles. The topological polar surface area (TPSA) is 68.2 Å². The summed E-state index contributed by atoms with van der Waals surface area (Å²) in [6.07, 6.45) is 0. The van der Waals surface area contributed by atoms with Crippen LogP contribution < -0.4 is 9.60 Å². The van der Waals surface area contributed by atoms with E-state index in [9.17, 15) is 13.2 Å². The van der Waals surface area contributed by atoms with Crippen molar-refractivity contribution in [2.24, 2.45) is 0 Å². The van der Waals surface area contributed by atoms with Gasteiger partial charge in [-0.25, -0.2) is 13.1 Å². The summed E-state index contributed by atoms with van der Waals surface area (Å²) < 4.78 is 31.3. The third-order valence-corrected chi connectivity index (χ3v) is 8.22. The minimum Gasteiger partial charge on any atom is -0.294 e. The molecule has 7 heteroatoms. The molecule has 4 aromatic rings. The van der Waals surface area contributed by atoms with Gasteiger partial charge in [0.05, 0.1) is 21.7 Å². The Morgan fingerprint density at radius 3 is 2.27 bits per heavy atom. The Morgan fingerprint density at radius 1 is 0.970 bits per heavy atom. The quantitative estimate of drug-likeness (QED) is 0.399. The zero-order valence-electron chi connectivity index (χ0n) is 19.2. The third kappa shape index (κ3) is 5.11. The first-order valence-electron chi connectivity index (χ1n) is 10.8. The molecular formula is C26H28N2O3S2. The van der Waals surface area contributed by atoms with Gasteiger partial charge in [-0.3, -0.25) is 9.36 Å². The molecule has 0 radical (unpaired) electrons. The number of nitrogens with zero attached hydrogens (tertiary/aromatic N) is 1. The van der Waals surface area contributed by atoms with Crippen molar-refractivity contribution in [3.63, 3.8) is 0 Å². The maximum atomic E-state index is 13.1. The molecule has 0 aliphatic rings. The number of thiazole rings is 1. The predicted octanol–water partition coefficient (Wildman–Crippen LogP) is 5.45. The normalized spacial score (nSPS) is 13.3. The lowest BCUT2D eigenvalue weighted by Crippen LogP contribution is -2.27. The molecule has 33 heavy (non-hydrogen) atoms. The van der Waals surface area contributed by atoms with Crippen LogP contribution in [0.25, 0.3) is 10.2 Å². The number of aromatic nitrogens is 1. The molecule has 4 rings (SSSR count). The van der Waals surface area contributed by atoms with Crippen molar-refractivity contribution in [1.82, 2.24) is 9.29 Å². The highest BCUT2D eigenvalue weighted by Gasteiger charge is 2.21. The van der Waals surface area contributed by atoms with Crippen LogP contribution in [-0.4, -0.2) is 13.0 Å². The van der Waals surface area contributed by atoms with Crippen LogP contribution in [0.4, 0.5) is 0 Å². The van der Waals surface area contributed by atoms with Crippen LogP contribution in [0, 0.1) is 0 Å². The molecule has 0 aliphatic carbocycles. The van der Waals surface area contributed by atoms with E-state index in [1.807, 2.05) is 61.5 Å². The van der Waals surface area contributed by atoms with Crippen molar-refractivity contribution in [1.29, 1.82) is 0 Å². The molecule has 172 valence electrons. The number of nitrogens with one attached hydrogen (secondary N) is 1. The number of hydrogen-bond acceptors (Lipinski definition) is 4. The van der Waals surface area contributed by atoms with Crippen LogP contribution >= 0.6 is 11.3 Å². The standard InChI is InChI=1S/C26H28N2O3S2/c1-18(20-10-12-21(13-11-20)26(2,3)4)27-33(30,31)22-14-15-23-24(16-22)32-25(29)28(23)17-19-8-6-5-7-9-19/h5-16,18,27H,17H2,1-4H3. The fraction of sp³-hybridized carbons (Fsp3) is 0.269. The van der Waals surface area contributed by atoms with Gasteiger partial charge in [0.2, 0.25) is 10.0 Å². The van der Waals surface area contributed by atoms with Crippen LogP contribution in [0.1, 0.15) is 50.4 Å². The Kier molecular flexibility index (Phi) is 6.31. The average molecular weight is 481 g/mol. The summed E-state index contributed by atoms with van der Waals surface area (Å²) in [5.74, 6) is 0. The first-order chi connectivity index (χ1) is 15.5. The first kappa shape index (κ1) is 23.4. The number of rotatable bonds is 6. The van der Waals surface area contributed by atoms with Gasteiger partial charge >= 0.3 is 4.87 Å². The van der Waals surface area contributed by atoms with E-state index in [0.717, 1.165) is 28.0 Å². The van der Waals surface area contributed by atoms with E-state index < -0.39 is 10.0 Å². The molecule has 1 aromatic heterocycles. The molecule has 0 aliphatic heterocycles. The Bertz CT molecular complexity index is 1430. The summed E-state index contributed by atoms with van der Waals surface area (Å²) in [5, 5.41) is 0. The summed E-state index contributed by atoms with van der Waals surface area (Å²) in [4.78, 5) is 12.6. The summed E-state index contributed by atoms with van der Waals surface area (Å²) in [5.41, 5.74) is 3.88. The van der Waals surface area contributed by atoms with E-state index in [2.05, 4.69) is 25.5 Å². The van der Waals surface area contributed by atoms with Crippen molar-refractivity contribution < 1.29 is 8.42 Å². The maximum Gasteiger partial charge on any atom is 0.308 e. The largest absolute Gasteiger partial charge is 0.308 e. The highest BCUT2D eigenvalue weighted by atomic mass is 32.2. The molecular weight excluding hydrogens is 452 g/mol. The van der Waals surface area contributed by atoms with Gasteiger partial charge in [-0.05, 0) is 47.2 Å². The molecule has 0 saturated carbocycles. The van der Waals surface area contributed by atoms with E-state index in [4.69, 9.17) is 0 Å². The van der Waals surface area contributed by atoms with Gasteiger partial charge < -0.3 is 0 Å². The highest BCUT2D eigenvalue weighted by Crippen LogP contribution is 2.26. The van der Waals surface area contributed by atoms with Crippen molar-refractivity contribution >= 4 is 31.6 Å². The number of sulfonamides is 1. The minimum atomic E-state index is -3.75. The van der Waals surface area contributed by atoms with Crippen LogP contribution in [0.5, 0.6) is 0 Å². The van der Waals surface area contributed by atoms with E-state index in [-0.39, 0.29) is 21.2 Å². The maximum absolute atomic E-state index is 13.1. The SMILES string of the molecule is CC(NS(=O)(=O)c1ccc2c(c1)sc(=O)n2Cc1ccccc1)c1ccc(C(C)(C)C)cc1. The van der Waals surface area contributed by atoms with E-state index in [1.165, 1.54) is 5.56 Å². The highest BCUT2D eigenvalue weighted by molar-refractivity contribution is 7.89. The zero-order valence-corrected chi connectivity index (χ0v) is 20.8. The molecule has 1 N–H and O–H groups in total. The van der Waals surface area contributed by atoms with Crippen LogP contribution in [0.2, 0.25) is 0 Å². The molecule has 0 saturated heterocycles. The Balaban J connectivity index is 1.58. The zero-order chi connectivity index (χ0) is 23.8. The van der Waals surface area contributed by atoms with Gasteiger partial charge in [0.1, 0.15) is 0 Å². The summed E-state index contributed by atoms with van der Waals surface area (Å²) in [7, 11) is -3.75. The minimum absolute atomic E-state index is 0.0369. The predicted molar refractivity (Wildman–Crippen MR) is 136 cm³/mol. The second-order valence-corrected chi connectivity index (χ2v) is 12.0. The van der Waals surface area contributed by atoms with Crippen molar-refractivity contribution in [3.8, 4) is 0 Å². The second-order valence-electron chi connectivity index (χ2n) is 9.28. The van der Waals surface area contributed by atoms with Gasteiger partial charge in [-0.2, -0.15) is 0 Å². The van der Waals surface area contributed by atoms with Crippen LogP contribution in [0.3, 0.4) is 0 Å². The van der Waals surface area contributed by atoms with Crippen molar-refractivity contribution in [2.45, 2.75) is 50.6 Å². The molecule has 1 unspecified atom stereocenters. The number of benzene rings is 3. The van der Waals surface area contributed by atoms with Crippen LogP contribution in [0.15, 0.2) is 82.5 Å². The lowest BCUT2D eigenvalue weighted by Gasteiger charge is -2.20. The number of fused-ring (bicyclic) bond motifs is 1. The van der Waals surface area contributed by atoms with Crippen LogP contribution in [-0.2, 0) is 22.0 Å². The van der Waals surface area contributed by atoms with E-state index >= 15 is 0 Å². The van der Waals surface area contributed by atoms with E-state index in [0.29, 0.717) is 11.2 Å². The van der Waals surface area contributed by atoms with E-state index in [1.54, 1.807) is 22.8 Å². The smallest absolute Gasteiger partial charge is 0.294 e. The van der Waals surface area contributed by atoms with Gasteiger partial charge in [0, 0.05) is 6.04 Å². The lowest BCUT2D eigenvalue weighted by molar-refractivity contribution is 0.566. The summed E-state index contributed by atoms with van der Waals surface area (Å²) in [6, 6.07) is 22.2.